The van der Waals surface area contributed by atoms with Crippen LogP contribution in [-0.4, -0.2) is 42.6 Å². The molecule has 1 atom stereocenters. The molecule has 0 aliphatic carbocycles. The van der Waals surface area contributed by atoms with Crippen LogP contribution in [0.25, 0.3) is 10.8 Å². The fraction of sp³-hybridized carbons (Fsp3) is 0.273. The van der Waals surface area contributed by atoms with Crippen LogP contribution in [0.15, 0.2) is 60.9 Å². The highest BCUT2D eigenvalue weighted by molar-refractivity contribution is 5.84. The van der Waals surface area contributed by atoms with Gasteiger partial charge in [0.1, 0.15) is 11.9 Å². The topological polar surface area (TPSA) is 51.7 Å². The van der Waals surface area contributed by atoms with Gasteiger partial charge in [0, 0.05) is 18.9 Å². The van der Waals surface area contributed by atoms with Crippen molar-refractivity contribution in [3.05, 3.63) is 72.1 Å². The van der Waals surface area contributed by atoms with E-state index in [0.29, 0.717) is 26.1 Å². The van der Waals surface area contributed by atoms with Crippen LogP contribution in [0, 0.1) is 0 Å². The van der Waals surface area contributed by atoms with Gasteiger partial charge in [-0.3, -0.25) is 9.78 Å². The Hall–Kier alpha value is -2.92. The van der Waals surface area contributed by atoms with Gasteiger partial charge in [-0.25, -0.2) is 0 Å². The molecule has 0 N–H and O–H groups in total. The number of ether oxygens (including phenoxy) is 2. The van der Waals surface area contributed by atoms with Crippen LogP contribution in [0.3, 0.4) is 0 Å². The minimum absolute atomic E-state index is 0.108. The van der Waals surface area contributed by atoms with E-state index in [9.17, 15) is 4.79 Å². The number of morpholine rings is 1. The maximum atomic E-state index is 12.7. The summed E-state index contributed by atoms with van der Waals surface area (Å²) < 4.78 is 11.2. The Balaban J connectivity index is 1.49. The number of hydrogen-bond donors (Lipinski definition) is 0. The molecule has 27 heavy (non-hydrogen) atoms. The molecule has 1 aliphatic heterocycles. The van der Waals surface area contributed by atoms with Crippen molar-refractivity contribution >= 4 is 16.7 Å². The lowest BCUT2D eigenvalue weighted by Gasteiger charge is -2.33. The summed E-state index contributed by atoms with van der Waals surface area (Å²) in [4.78, 5) is 18.6. The second kappa shape index (κ2) is 7.76. The van der Waals surface area contributed by atoms with Crippen molar-refractivity contribution in [2.75, 3.05) is 26.8 Å². The maximum Gasteiger partial charge on any atom is 0.227 e. The second-order valence-corrected chi connectivity index (χ2v) is 6.71. The number of carbonyl (C=O) groups is 1. The number of pyridine rings is 1. The minimum atomic E-state index is -0.108. The summed E-state index contributed by atoms with van der Waals surface area (Å²) in [5.74, 6) is 0.957. The van der Waals surface area contributed by atoms with Crippen LogP contribution in [0.1, 0.15) is 17.2 Å². The van der Waals surface area contributed by atoms with Crippen LogP contribution >= 0.6 is 0 Å². The zero-order valence-electron chi connectivity index (χ0n) is 15.3. The fourth-order valence-electron chi connectivity index (χ4n) is 3.44. The van der Waals surface area contributed by atoms with Crippen molar-refractivity contribution in [1.82, 2.24) is 9.88 Å². The van der Waals surface area contributed by atoms with Crippen molar-refractivity contribution in [3.8, 4) is 5.75 Å². The molecule has 1 saturated heterocycles. The van der Waals surface area contributed by atoms with Gasteiger partial charge in [0.2, 0.25) is 5.91 Å². The van der Waals surface area contributed by atoms with Gasteiger partial charge in [0.25, 0.3) is 0 Å². The number of carbonyl (C=O) groups excluding carboxylic acids is 1. The molecule has 1 aromatic heterocycles. The molecular weight excluding hydrogens is 340 g/mol. The van der Waals surface area contributed by atoms with E-state index >= 15 is 0 Å². The van der Waals surface area contributed by atoms with Crippen LogP contribution in [-0.2, 0) is 16.0 Å². The Morgan fingerprint density at radius 3 is 2.89 bits per heavy atom. The molecule has 0 bridgehead atoms. The third-order valence-corrected chi connectivity index (χ3v) is 4.94. The van der Waals surface area contributed by atoms with E-state index in [2.05, 4.69) is 23.2 Å². The predicted octanol–water partition coefficient (Wildman–Crippen LogP) is 3.39. The summed E-state index contributed by atoms with van der Waals surface area (Å²) >= 11 is 0. The number of methoxy groups -OCH3 is 1. The smallest absolute Gasteiger partial charge is 0.227 e. The van der Waals surface area contributed by atoms with Crippen molar-refractivity contribution in [3.63, 3.8) is 0 Å². The fourth-order valence-corrected chi connectivity index (χ4v) is 3.44. The summed E-state index contributed by atoms with van der Waals surface area (Å²) in [5.41, 5.74) is 2.02. The number of aromatic nitrogens is 1. The number of hydrogen-bond acceptors (Lipinski definition) is 4. The third-order valence-electron chi connectivity index (χ3n) is 4.94. The first-order valence-corrected chi connectivity index (χ1v) is 9.09. The van der Waals surface area contributed by atoms with Gasteiger partial charge in [-0.05, 0) is 46.2 Å². The first kappa shape index (κ1) is 17.5. The van der Waals surface area contributed by atoms with Gasteiger partial charge in [-0.15, -0.1) is 0 Å². The monoisotopic (exact) mass is 362 g/mol. The number of fused-ring (bicyclic) bond motifs is 1. The molecule has 0 radical (unpaired) electrons. The van der Waals surface area contributed by atoms with E-state index in [4.69, 9.17) is 9.47 Å². The normalized spacial score (nSPS) is 17.1. The predicted molar refractivity (Wildman–Crippen MR) is 104 cm³/mol. The molecular formula is C22H22N2O3. The Morgan fingerprint density at radius 1 is 1.22 bits per heavy atom. The Labute approximate surface area is 158 Å². The van der Waals surface area contributed by atoms with Crippen molar-refractivity contribution in [2.45, 2.75) is 12.5 Å². The maximum absolute atomic E-state index is 12.7. The first-order valence-electron chi connectivity index (χ1n) is 9.09. The molecule has 138 valence electrons. The van der Waals surface area contributed by atoms with Crippen LogP contribution in [0.4, 0.5) is 0 Å². The molecule has 3 aromatic rings. The highest BCUT2D eigenvalue weighted by atomic mass is 16.5. The molecule has 5 heteroatoms. The zero-order chi connectivity index (χ0) is 18.6. The van der Waals surface area contributed by atoms with Gasteiger partial charge < -0.3 is 14.4 Å². The molecule has 0 unspecified atom stereocenters. The van der Waals surface area contributed by atoms with Crippen molar-refractivity contribution < 1.29 is 14.3 Å². The highest BCUT2D eigenvalue weighted by Crippen LogP contribution is 2.28. The zero-order valence-corrected chi connectivity index (χ0v) is 15.3. The van der Waals surface area contributed by atoms with Crippen LogP contribution in [0.5, 0.6) is 5.75 Å². The van der Waals surface area contributed by atoms with E-state index in [1.807, 2.05) is 35.2 Å². The number of amides is 1. The third kappa shape index (κ3) is 3.93. The Morgan fingerprint density at radius 2 is 2.07 bits per heavy atom. The van der Waals surface area contributed by atoms with Gasteiger partial charge in [-0.2, -0.15) is 0 Å². The molecule has 2 heterocycles. The second-order valence-electron chi connectivity index (χ2n) is 6.71. The van der Waals surface area contributed by atoms with E-state index in [1.54, 1.807) is 19.5 Å². The number of benzene rings is 2. The van der Waals surface area contributed by atoms with Gasteiger partial charge >= 0.3 is 0 Å². The van der Waals surface area contributed by atoms with E-state index in [0.717, 1.165) is 27.6 Å². The van der Waals surface area contributed by atoms with Crippen LogP contribution < -0.4 is 4.74 Å². The summed E-state index contributed by atoms with van der Waals surface area (Å²) in [6, 6.07) is 16.1. The quantitative estimate of drug-likeness (QED) is 0.714. The van der Waals surface area contributed by atoms with Gasteiger partial charge in [-0.1, -0.05) is 24.3 Å². The van der Waals surface area contributed by atoms with Crippen LogP contribution in [0.2, 0.25) is 0 Å². The first-order chi connectivity index (χ1) is 13.2. The molecule has 5 nitrogen and oxygen atoms in total. The largest absolute Gasteiger partial charge is 0.497 e. The van der Waals surface area contributed by atoms with E-state index < -0.39 is 0 Å². The average Bonchev–Trinajstić information content (AvgIpc) is 2.73. The van der Waals surface area contributed by atoms with Crippen molar-refractivity contribution in [1.29, 1.82) is 0 Å². The molecule has 1 aliphatic rings. The number of nitrogens with zero attached hydrogens (tertiary/aromatic N) is 2. The SMILES string of the molecule is COc1ccc2cc([C@@H]3CN(C(=O)Cc4cccnc4)CCO3)ccc2c1. The van der Waals surface area contributed by atoms with E-state index in [-0.39, 0.29) is 12.0 Å². The summed E-state index contributed by atoms with van der Waals surface area (Å²) in [7, 11) is 1.67. The average molecular weight is 362 g/mol. The minimum Gasteiger partial charge on any atom is -0.497 e. The highest BCUT2D eigenvalue weighted by Gasteiger charge is 2.25. The summed E-state index contributed by atoms with van der Waals surface area (Å²) in [6.45, 7) is 1.74. The molecule has 1 amide bonds. The van der Waals surface area contributed by atoms with E-state index in [1.165, 1.54) is 0 Å². The lowest BCUT2D eigenvalue weighted by Crippen LogP contribution is -2.43. The summed E-state index contributed by atoms with van der Waals surface area (Å²) in [5, 5.41) is 2.26. The molecule has 4 rings (SSSR count). The lowest BCUT2D eigenvalue weighted by atomic mass is 10.0. The molecule has 0 spiro atoms. The molecule has 0 saturated carbocycles. The molecule has 1 fully saturated rings. The number of rotatable bonds is 4. The lowest BCUT2D eigenvalue weighted by molar-refractivity contribution is -0.138. The van der Waals surface area contributed by atoms with Gasteiger partial charge in [0.05, 0.1) is 26.7 Å². The molecule has 2 aromatic carbocycles. The Kier molecular flexibility index (Phi) is 5.03. The van der Waals surface area contributed by atoms with Crippen molar-refractivity contribution in [2.24, 2.45) is 0 Å². The van der Waals surface area contributed by atoms with Gasteiger partial charge in [0.15, 0.2) is 0 Å². The summed E-state index contributed by atoms with van der Waals surface area (Å²) in [6.07, 6.45) is 3.72. The standard InChI is InChI=1S/C22H22N2O3/c1-26-20-7-6-17-12-19(5-4-18(17)13-20)21-15-24(9-10-27-21)22(25)11-16-3-2-8-23-14-16/h2-8,12-14,21H,9-11,15H2,1H3/t21-/m0/s1. The Bertz CT molecular complexity index is 943.